The molecule has 2 heterocycles. The van der Waals surface area contributed by atoms with Gasteiger partial charge >= 0.3 is 0 Å². The van der Waals surface area contributed by atoms with E-state index in [9.17, 15) is 0 Å². The lowest BCUT2D eigenvalue weighted by atomic mass is 10.1. The van der Waals surface area contributed by atoms with Crippen LogP contribution in [-0.2, 0) is 0 Å². The fourth-order valence-corrected chi connectivity index (χ4v) is 5.87. The van der Waals surface area contributed by atoms with Gasteiger partial charge in [-0.3, -0.25) is 0 Å². The molecule has 0 amide bonds. The van der Waals surface area contributed by atoms with Crippen molar-refractivity contribution < 1.29 is 4.74 Å². The number of rotatable bonds is 4. The van der Waals surface area contributed by atoms with E-state index in [1.165, 1.54) is 32.6 Å². The van der Waals surface area contributed by atoms with Crippen molar-refractivity contribution in [2.75, 3.05) is 0 Å². The molecule has 2 aromatic heterocycles. The molecule has 0 bridgehead atoms. The van der Waals surface area contributed by atoms with E-state index in [-0.39, 0.29) is 0 Å². The molecule has 0 aliphatic carbocycles. The Bertz CT molecular complexity index is 1980. The minimum Gasteiger partial charge on any atom is -0.457 e. The summed E-state index contributed by atoms with van der Waals surface area (Å²) in [5.41, 5.74) is 6.89. The van der Waals surface area contributed by atoms with Crippen molar-refractivity contribution in [1.29, 1.82) is 0 Å². The quantitative estimate of drug-likeness (QED) is 0.235. The highest BCUT2D eigenvalue weighted by atomic mass is 16.5. The molecule has 0 aliphatic heterocycles. The summed E-state index contributed by atoms with van der Waals surface area (Å²) in [6.45, 7) is 0. The van der Waals surface area contributed by atoms with Crippen molar-refractivity contribution in [1.82, 2.24) is 9.13 Å². The summed E-state index contributed by atoms with van der Waals surface area (Å²) in [6, 6.07) is 50.9. The summed E-state index contributed by atoms with van der Waals surface area (Å²) in [5, 5.41) is 4.89. The van der Waals surface area contributed by atoms with Crippen molar-refractivity contribution in [2.45, 2.75) is 0 Å². The molecule has 0 saturated carbocycles. The van der Waals surface area contributed by atoms with Gasteiger partial charge in [-0.15, -0.1) is 0 Å². The zero-order chi connectivity index (χ0) is 25.8. The molecule has 3 nitrogen and oxygen atoms in total. The van der Waals surface area contributed by atoms with Gasteiger partial charge in [0.2, 0.25) is 0 Å². The Hall–Kier alpha value is -5.28. The Morgan fingerprint density at radius 3 is 1.18 bits per heavy atom. The van der Waals surface area contributed by atoms with Gasteiger partial charge in [0.1, 0.15) is 11.5 Å². The van der Waals surface area contributed by atoms with Crippen molar-refractivity contribution in [3.63, 3.8) is 0 Å². The van der Waals surface area contributed by atoms with E-state index in [4.69, 9.17) is 4.74 Å². The van der Waals surface area contributed by atoms with Gasteiger partial charge in [0.15, 0.2) is 0 Å². The minimum absolute atomic E-state index is 0.809. The summed E-state index contributed by atoms with van der Waals surface area (Å²) in [5.74, 6) is 1.62. The van der Waals surface area contributed by atoms with Gasteiger partial charge in [-0.2, -0.15) is 0 Å². The average Bonchev–Trinajstić information content (AvgIpc) is 3.50. The van der Waals surface area contributed by atoms with Gasteiger partial charge in [0.25, 0.3) is 0 Å². The SMILES string of the molecule is c1ccc(-n2c3ccccc3c3ccc(Oc4ccc5c6ccccc6n(-c6ccccc6)c5c4)cc32)cc1. The smallest absolute Gasteiger partial charge is 0.129 e. The molecule has 0 fully saturated rings. The monoisotopic (exact) mass is 500 g/mol. The van der Waals surface area contributed by atoms with Crippen molar-refractivity contribution in [3.05, 3.63) is 146 Å². The Kier molecular flexibility index (Phi) is 4.82. The van der Waals surface area contributed by atoms with Crippen molar-refractivity contribution >= 4 is 43.6 Å². The van der Waals surface area contributed by atoms with Gasteiger partial charge in [-0.25, -0.2) is 0 Å². The molecule has 0 N–H and O–H groups in total. The fraction of sp³-hybridized carbons (Fsp3) is 0. The van der Waals surface area contributed by atoms with E-state index < -0.39 is 0 Å². The molecule has 0 unspecified atom stereocenters. The van der Waals surface area contributed by atoms with E-state index in [0.29, 0.717) is 0 Å². The maximum absolute atomic E-state index is 6.54. The molecular weight excluding hydrogens is 476 g/mol. The second-order valence-electron chi connectivity index (χ2n) is 9.84. The third-order valence-electron chi connectivity index (χ3n) is 7.55. The molecule has 6 aromatic carbocycles. The van der Waals surface area contributed by atoms with Crippen LogP contribution in [0.2, 0.25) is 0 Å². The highest BCUT2D eigenvalue weighted by molar-refractivity contribution is 6.10. The zero-order valence-corrected chi connectivity index (χ0v) is 21.2. The van der Waals surface area contributed by atoms with Crippen molar-refractivity contribution in [2.24, 2.45) is 0 Å². The maximum atomic E-state index is 6.54. The number of hydrogen-bond acceptors (Lipinski definition) is 1. The van der Waals surface area contributed by atoms with Crippen LogP contribution in [0.4, 0.5) is 0 Å². The third kappa shape index (κ3) is 3.44. The largest absolute Gasteiger partial charge is 0.457 e. The third-order valence-corrected chi connectivity index (χ3v) is 7.55. The number of ether oxygens (including phenoxy) is 1. The average molecular weight is 501 g/mol. The first-order chi connectivity index (χ1) is 19.3. The molecule has 3 heteroatoms. The molecular formula is C36H24N2O. The molecule has 8 aromatic rings. The highest BCUT2D eigenvalue weighted by Gasteiger charge is 2.15. The van der Waals surface area contributed by atoms with Crippen LogP contribution in [0.25, 0.3) is 55.0 Å². The van der Waals surface area contributed by atoms with E-state index in [1.807, 2.05) is 0 Å². The van der Waals surface area contributed by atoms with Crippen LogP contribution in [0, 0.1) is 0 Å². The van der Waals surface area contributed by atoms with Gasteiger partial charge in [0.05, 0.1) is 22.1 Å². The van der Waals surface area contributed by atoms with Crippen molar-refractivity contribution in [3.8, 4) is 22.9 Å². The Morgan fingerprint density at radius 2 is 0.718 bits per heavy atom. The molecule has 0 spiro atoms. The van der Waals surface area contributed by atoms with Crippen LogP contribution in [0.5, 0.6) is 11.5 Å². The molecule has 0 aliphatic rings. The molecule has 0 atom stereocenters. The lowest BCUT2D eigenvalue weighted by Gasteiger charge is -2.11. The second-order valence-corrected chi connectivity index (χ2v) is 9.84. The van der Waals surface area contributed by atoms with Crippen LogP contribution < -0.4 is 4.74 Å². The minimum atomic E-state index is 0.809. The summed E-state index contributed by atoms with van der Waals surface area (Å²) in [4.78, 5) is 0. The fourth-order valence-electron chi connectivity index (χ4n) is 5.87. The van der Waals surface area contributed by atoms with Gasteiger partial charge < -0.3 is 13.9 Å². The Morgan fingerprint density at radius 1 is 0.333 bits per heavy atom. The number of para-hydroxylation sites is 4. The van der Waals surface area contributed by atoms with Crippen LogP contribution in [0.15, 0.2) is 146 Å². The standard InChI is InChI=1S/C36H24N2O/c1-3-11-25(12-4-1)37-33-17-9-7-15-29(33)31-21-19-27(23-35(31)37)39-28-20-22-32-30-16-8-10-18-34(30)38(36(32)24-28)26-13-5-2-6-14-26/h1-24H. The van der Waals surface area contributed by atoms with Crippen LogP contribution in [0.3, 0.4) is 0 Å². The van der Waals surface area contributed by atoms with Gasteiger partial charge in [0, 0.05) is 45.1 Å². The zero-order valence-electron chi connectivity index (χ0n) is 21.2. The first-order valence-electron chi connectivity index (χ1n) is 13.2. The summed E-state index contributed by atoms with van der Waals surface area (Å²) in [6.07, 6.45) is 0. The highest BCUT2D eigenvalue weighted by Crippen LogP contribution is 2.37. The first kappa shape index (κ1) is 21.8. The molecule has 8 rings (SSSR count). The predicted octanol–water partition coefficient (Wildman–Crippen LogP) is 9.67. The summed E-state index contributed by atoms with van der Waals surface area (Å²) < 4.78 is 11.2. The number of hydrogen-bond donors (Lipinski definition) is 0. The number of aromatic nitrogens is 2. The molecule has 39 heavy (non-hydrogen) atoms. The lowest BCUT2D eigenvalue weighted by molar-refractivity contribution is 0.484. The second kappa shape index (κ2) is 8.64. The first-order valence-corrected chi connectivity index (χ1v) is 13.2. The van der Waals surface area contributed by atoms with Crippen LogP contribution in [-0.4, -0.2) is 9.13 Å². The number of benzene rings is 6. The maximum Gasteiger partial charge on any atom is 0.129 e. The lowest BCUT2D eigenvalue weighted by Crippen LogP contribution is -1.94. The van der Waals surface area contributed by atoms with Crippen LogP contribution in [0.1, 0.15) is 0 Å². The number of nitrogens with zero attached hydrogens (tertiary/aromatic N) is 2. The normalized spacial score (nSPS) is 11.6. The predicted molar refractivity (Wildman–Crippen MR) is 162 cm³/mol. The van der Waals surface area contributed by atoms with E-state index in [0.717, 1.165) is 33.9 Å². The summed E-state index contributed by atoms with van der Waals surface area (Å²) >= 11 is 0. The summed E-state index contributed by atoms with van der Waals surface area (Å²) in [7, 11) is 0. The van der Waals surface area contributed by atoms with E-state index in [2.05, 4.69) is 155 Å². The number of fused-ring (bicyclic) bond motifs is 6. The van der Waals surface area contributed by atoms with Gasteiger partial charge in [-0.05, 0) is 60.7 Å². The topological polar surface area (TPSA) is 19.1 Å². The molecule has 0 radical (unpaired) electrons. The Labute approximate surface area is 225 Å². The van der Waals surface area contributed by atoms with Crippen LogP contribution >= 0.6 is 0 Å². The van der Waals surface area contributed by atoms with E-state index in [1.54, 1.807) is 0 Å². The Balaban J connectivity index is 1.29. The van der Waals surface area contributed by atoms with E-state index >= 15 is 0 Å². The molecule has 184 valence electrons. The van der Waals surface area contributed by atoms with Gasteiger partial charge in [-0.1, -0.05) is 72.8 Å². The molecule has 0 saturated heterocycles.